The van der Waals surface area contributed by atoms with Gasteiger partial charge in [-0.1, -0.05) is 27.7 Å². The maximum atomic E-state index is 12.2. The lowest BCUT2D eigenvalue weighted by Crippen LogP contribution is -2.19. The zero-order chi connectivity index (χ0) is 17.0. The number of hydrogen-bond donors (Lipinski definition) is 2. The number of urea groups is 1. The van der Waals surface area contributed by atoms with Gasteiger partial charge < -0.3 is 5.32 Å². The van der Waals surface area contributed by atoms with E-state index in [0.717, 1.165) is 12.1 Å². The van der Waals surface area contributed by atoms with E-state index < -0.39 is 6.67 Å². The molecule has 2 rings (SSSR count). The summed E-state index contributed by atoms with van der Waals surface area (Å²) in [7, 11) is 0. The van der Waals surface area contributed by atoms with Gasteiger partial charge in [-0.3, -0.25) is 10.00 Å². The molecule has 2 heterocycles. The van der Waals surface area contributed by atoms with Crippen molar-refractivity contribution >= 4 is 28.2 Å². The average Bonchev–Trinajstić information content (AvgIpc) is 3.05. The fraction of sp³-hybridized carbons (Fsp3) is 0.533. The summed E-state index contributed by atoms with van der Waals surface area (Å²) >= 11 is 1.49. The molecular weight excluding hydrogens is 317 g/mol. The van der Waals surface area contributed by atoms with E-state index in [4.69, 9.17) is 0 Å². The predicted molar refractivity (Wildman–Crippen MR) is 91.0 cm³/mol. The minimum Gasteiger partial charge on any atom is -0.305 e. The highest BCUT2D eigenvalue weighted by Gasteiger charge is 2.22. The standard InChI is InChI=1S/C15H22FN5OS/c1-5-11-12(15(2,3)4)23-14(19-11)20-13(22)18-10-8-17-21(9-10)7-6-16/h8-9H,5-7H2,1-4H3,(H2,18,19,20,22). The van der Waals surface area contributed by atoms with Crippen molar-refractivity contribution in [1.82, 2.24) is 14.8 Å². The normalized spacial score (nSPS) is 11.5. The summed E-state index contributed by atoms with van der Waals surface area (Å²) in [6, 6.07) is -0.387. The van der Waals surface area contributed by atoms with Crippen LogP contribution in [0.15, 0.2) is 12.4 Å². The van der Waals surface area contributed by atoms with E-state index in [1.807, 2.05) is 6.92 Å². The molecule has 0 unspecified atom stereocenters. The van der Waals surface area contributed by atoms with E-state index in [1.54, 1.807) is 6.20 Å². The summed E-state index contributed by atoms with van der Waals surface area (Å²) in [5, 5.41) is 9.93. The van der Waals surface area contributed by atoms with Gasteiger partial charge in [0, 0.05) is 11.1 Å². The van der Waals surface area contributed by atoms with Crippen molar-refractivity contribution in [3.63, 3.8) is 0 Å². The predicted octanol–water partition coefficient (Wildman–Crippen LogP) is 3.81. The van der Waals surface area contributed by atoms with Gasteiger partial charge in [-0.25, -0.2) is 14.2 Å². The minimum atomic E-state index is -0.498. The van der Waals surface area contributed by atoms with Crippen LogP contribution in [0.1, 0.15) is 38.3 Å². The molecule has 8 heteroatoms. The Morgan fingerprint density at radius 3 is 2.70 bits per heavy atom. The second-order valence-electron chi connectivity index (χ2n) is 6.16. The quantitative estimate of drug-likeness (QED) is 0.870. The summed E-state index contributed by atoms with van der Waals surface area (Å²) < 4.78 is 13.7. The molecule has 0 spiro atoms. The molecule has 0 aliphatic carbocycles. The maximum Gasteiger partial charge on any atom is 0.325 e. The van der Waals surface area contributed by atoms with Crippen LogP contribution < -0.4 is 10.6 Å². The van der Waals surface area contributed by atoms with Gasteiger partial charge in [-0.2, -0.15) is 5.10 Å². The van der Waals surface area contributed by atoms with Gasteiger partial charge in [-0.15, -0.1) is 11.3 Å². The highest BCUT2D eigenvalue weighted by molar-refractivity contribution is 7.16. The molecule has 2 amide bonds. The van der Waals surface area contributed by atoms with Crippen molar-refractivity contribution in [2.24, 2.45) is 0 Å². The first-order chi connectivity index (χ1) is 10.8. The minimum absolute atomic E-state index is 0.00702. The van der Waals surface area contributed by atoms with Crippen molar-refractivity contribution in [2.45, 2.75) is 46.1 Å². The molecule has 0 aromatic carbocycles. The number of nitrogens with zero attached hydrogens (tertiary/aromatic N) is 3. The van der Waals surface area contributed by atoms with Gasteiger partial charge in [0.05, 0.1) is 24.1 Å². The Morgan fingerprint density at radius 2 is 2.13 bits per heavy atom. The van der Waals surface area contributed by atoms with Crippen LogP contribution in [-0.2, 0) is 18.4 Å². The first-order valence-electron chi connectivity index (χ1n) is 7.50. The number of hydrogen-bond acceptors (Lipinski definition) is 4. The van der Waals surface area contributed by atoms with Gasteiger partial charge in [-0.05, 0) is 11.8 Å². The number of carbonyl (C=O) groups excluding carboxylic acids is 1. The van der Waals surface area contributed by atoms with Crippen LogP contribution in [0.4, 0.5) is 20.0 Å². The molecule has 0 atom stereocenters. The SMILES string of the molecule is CCc1nc(NC(=O)Nc2cnn(CCF)c2)sc1C(C)(C)C. The highest BCUT2D eigenvalue weighted by Crippen LogP contribution is 2.34. The molecule has 6 nitrogen and oxygen atoms in total. The van der Waals surface area contributed by atoms with Crippen LogP contribution in [0, 0.1) is 0 Å². The first kappa shape index (κ1) is 17.4. The molecule has 2 aromatic rings. The van der Waals surface area contributed by atoms with E-state index in [1.165, 1.54) is 27.1 Å². The second-order valence-corrected chi connectivity index (χ2v) is 7.16. The van der Waals surface area contributed by atoms with Crippen molar-refractivity contribution in [1.29, 1.82) is 0 Å². The van der Waals surface area contributed by atoms with Crippen LogP contribution >= 0.6 is 11.3 Å². The molecule has 0 radical (unpaired) electrons. The Labute approximate surface area is 139 Å². The smallest absolute Gasteiger partial charge is 0.305 e. The Kier molecular flexibility index (Phi) is 5.35. The zero-order valence-electron chi connectivity index (χ0n) is 13.8. The number of aromatic nitrogens is 3. The first-order valence-corrected chi connectivity index (χ1v) is 8.31. The molecule has 0 aliphatic heterocycles. The Balaban J connectivity index is 2.03. The van der Waals surface area contributed by atoms with Crippen LogP contribution in [0.3, 0.4) is 0 Å². The molecule has 0 saturated carbocycles. The lowest BCUT2D eigenvalue weighted by Gasteiger charge is -2.16. The number of amides is 2. The maximum absolute atomic E-state index is 12.2. The molecule has 0 bridgehead atoms. The van der Waals surface area contributed by atoms with Crippen molar-refractivity contribution in [2.75, 3.05) is 17.3 Å². The lowest BCUT2D eigenvalue weighted by atomic mass is 9.93. The summed E-state index contributed by atoms with van der Waals surface area (Å²) in [6.07, 6.45) is 3.89. The lowest BCUT2D eigenvalue weighted by molar-refractivity contribution is 0.262. The number of thiazole rings is 1. The monoisotopic (exact) mass is 339 g/mol. The molecular formula is C15H22FN5OS. The summed E-state index contributed by atoms with van der Waals surface area (Å²) in [5.41, 5.74) is 1.51. The van der Waals surface area contributed by atoms with E-state index in [2.05, 4.69) is 41.5 Å². The number of nitrogens with one attached hydrogen (secondary N) is 2. The van der Waals surface area contributed by atoms with Crippen molar-refractivity contribution in [3.8, 4) is 0 Å². The third kappa shape index (κ3) is 4.51. The third-order valence-electron chi connectivity index (χ3n) is 3.14. The van der Waals surface area contributed by atoms with Gasteiger partial charge >= 0.3 is 6.03 Å². The molecule has 0 saturated heterocycles. The van der Waals surface area contributed by atoms with Crippen LogP contribution in [0.2, 0.25) is 0 Å². The topological polar surface area (TPSA) is 71.8 Å². The molecule has 0 aliphatic rings. The fourth-order valence-corrected chi connectivity index (χ4v) is 3.23. The third-order valence-corrected chi connectivity index (χ3v) is 4.58. The fourth-order valence-electron chi connectivity index (χ4n) is 2.13. The molecule has 0 fully saturated rings. The molecule has 126 valence electrons. The number of carbonyl (C=O) groups is 1. The van der Waals surface area contributed by atoms with Gasteiger partial charge in [0.1, 0.15) is 6.67 Å². The Hall–Kier alpha value is -1.96. The number of halogens is 1. The molecule has 2 N–H and O–H groups in total. The summed E-state index contributed by atoms with van der Waals surface area (Å²) in [5.74, 6) is 0. The zero-order valence-corrected chi connectivity index (χ0v) is 14.6. The molecule has 23 heavy (non-hydrogen) atoms. The molecule has 2 aromatic heterocycles. The number of alkyl halides is 1. The van der Waals surface area contributed by atoms with E-state index in [-0.39, 0.29) is 18.0 Å². The van der Waals surface area contributed by atoms with E-state index in [9.17, 15) is 9.18 Å². The summed E-state index contributed by atoms with van der Waals surface area (Å²) in [6.45, 7) is 8.11. The van der Waals surface area contributed by atoms with E-state index in [0.29, 0.717) is 10.8 Å². The van der Waals surface area contributed by atoms with Crippen LogP contribution in [-0.4, -0.2) is 27.5 Å². The van der Waals surface area contributed by atoms with Crippen LogP contribution in [0.25, 0.3) is 0 Å². The van der Waals surface area contributed by atoms with E-state index >= 15 is 0 Å². The van der Waals surface area contributed by atoms with Gasteiger partial charge in [0.2, 0.25) is 0 Å². The largest absolute Gasteiger partial charge is 0.325 e. The van der Waals surface area contributed by atoms with Crippen molar-refractivity contribution < 1.29 is 9.18 Å². The summed E-state index contributed by atoms with van der Waals surface area (Å²) in [4.78, 5) is 17.7. The second kappa shape index (κ2) is 7.08. The number of anilines is 2. The van der Waals surface area contributed by atoms with Crippen LogP contribution in [0.5, 0.6) is 0 Å². The highest BCUT2D eigenvalue weighted by atomic mass is 32.1. The van der Waals surface area contributed by atoms with Gasteiger partial charge in [0.25, 0.3) is 0 Å². The average molecular weight is 339 g/mol. The van der Waals surface area contributed by atoms with Crippen molar-refractivity contribution in [3.05, 3.63) is 23.0 Å². The Bertz CT molecular complexity index is 674. The van der Waals surface area contributed by atoms with Gasteiger partial charge in [0.15, 0.2) is 5.13 Å². The number of rotatable bonds is 5. The number of aryl methyl sites for hydroxylation is 2. The Morgan fingerprint density at radius 1 is 1.39 bits per heavy atom.